The standard InChI is InChI=1S/C17H17NO.ClH/c1-16-10-12-6-2-3-7-13(12)11-17(19,18-16)15-9-5-4-8-14(15)16;/h2-9,18-19H,10-11H2,1H3;1H. The molecule has 2 nitrogen and oxygen atoms in total. The van der Waals surface area contributed by atoms with E-state index >= 15 is 0 Å². The Hall–Kier alpha value is -1.35. The van der Waals surface area contributed by atoms with E-state index in [1.165, 1.54) is 16.7 Å². The molecular formula is C17H18ClNO. The minimum Gasteiger partial charge on any atom is -0.371 e. The summed E-state index contributed by atoms with van der Waals surface area (Å²) in [6, 6.07) is 16.7. The van der Waals surface area contributed by atoms with Crippen LogP contribution in [0.2, 0.25) is 0 Å². The summed E-state index contributed by atoms with van der Waals surface area (Å²) in [5.41, 5.74) is 3.73. The second-order valence-corrected chi connectivity index (χ2v) is 5.99. The van der Waals surface area contributed by atoms with Gasteiger partial charge in [0.1, 0.15) is 5.72 Å². The number of halogens is 1. The highest BCUT2D eigenvalue weighted by Crippen LogP contribution is 2.46. The zero-order chi connectivity index (χ0) is 13.1. The molecule has 2 aliphatic rings. The van der Waals surface area contributed by atoms with E-state index in [2.05, 4.69) is 48.6 Å². The fourth-order valence-electron chi connectivity index (χ4n) is 3.75. The van der Waals surface area contributed by atoms with Crippen molar-refractivity contribution >= 4 is 12.4 Å². The van der Waals surface area contributed by atoms with Crippen LogP contribution in [0.5, 0.6) is 0 Å². The topological polar surface area (TPSA) is 32.3 Å². The summed E-state index contributed by atoms with van der Waals surface area (Å²) in [4.78, 5) is 0. The molecule has 0 radical (unpaired) electrons. The first-order valence-electron chi connectivity index (χ1n) is 6.79. The lowest BCUT2D eigenvalue weighted by Crippen LogP contribution is -2.46. The van der Waals surface area contributed by atoms with E-state index in [0.29, 0.717) is 6.42 Å². The molecule has 2 heterocycles. The molecular weight excluding hydrogens is 270 g/mol. The number of rotatable bonds is 0. The Bertz CT molecular complexity index is 616. The predicted molar refractivity (Wildman–Crippen MR) is 81.9 cm³/mol. The molecule has 2 unspecified atom stereocenters. The van der Waals surface area contributed by atoms with Gasteiger partial charge in [-0.2, -0.15) is 0 Å². The van der Waals surface area contributed by atoms with Gasteiger partial charge < -0.3 is 5.11 Å². The zero-order valence-electron chi connectivity index (χ0n) is 11.4. The molecule has 4 rings (SSSR count). The summed E-state index contributed by atoms with van der Waals surface area (Å²) in [6.45, 7) is 2.19. The van der Waals surface area contributed by atoms with Crippen LogP contribution in [-0.2, 0) is 24.1 Å². The summed E-state index contributed by atoms with van der Waals surface area (Å²) in [5.74, 6) is 0. The Morgan fingerprint density at radius 2 is 1.45 bits per heavy atom. The van der Waals surface area contributed by atoms with Gasteiger partial charge in [0.05, 0.1) is 0 Å². The van der Waals surface area contributed by atoms with Crippen LogP contribution in [0.15, 0.2) is 48.5 Å². The van der Waals surface area contributed by atoms with Crippen molar-refractivity contribution in [3.05, 3.63) is 70.8 Å². The molecule has 0 amide bonds. The van der Waals surface area contributed by atoms with E-state index in [4.69, 9.17) is 0 Å². The van der Waals surface area contributed by atoms with Gasteiger partial charge in [-0.05, 0) is 30.0 Å². The fourth-order valence-corrected chi connectivity index (χ4v) is 3.75. The molecule has 104 valence electrons. The molecule has 20 heavy (non-hydrogen) atoms. The Morgan fingerprint density at radius 3 is 2.15 bits per heavy atom. The van der Waals surface area contributed by atoms with Crippen molar-refractivity contribution in [2.45, 2.75) is 31.0 Å². The third-order valence-electron chi connectivity index (χ3n) is 4.56. The predicted octanol–water partition coefficient (Wildman–Crippen LogP) is 2.87. The number of benzene rings is 2. The molecule has 0 fully saturated rings. The monoisotopic (exact) mass is 287 g/mol. The van der Waals surface area contributed by atoms with E-state index < -0.39 is 5.72 Å². The van der Waals surface area contributed by atoms with Crippen LogP contribution in [0.3, 0.4) is 0 Å². The lowest BCUT2D eigenvalue weighted by Gasteiger charge is -2.27. The van der Waals surface area contributed by atoms with Crippen molar-refractivity contribution in [1.29, 1.82) is 0 Å². The fraction of sp³-hybridized carbons (Fsp3) is 0.294. The summed E-state index contributed by atoms with van der Waals surface area (Å²) >= 11 is 0. The molecule has 0 saturated heterocycles. The normalized spacial score (nSPS) is 29.9. The van der Waals surface area contributed by atoms with Gasteiger partial charge in [0, 0.05) is 17.5 Å². The van der Waals surface area contributed by atoms with Crippen LogP contribution in [0, 0.1) is 0 Å². The molecule has 2 aromatic carbocycles. The third kappa shape index (κ3) is 1.72. The van der Waals surface area contributed by atoms with Gasteiger partial charge in [-0.3, -0.25) is 5.32 Å². The van der Waals surface area contributed by atoms with Crippen molar-refractivity contribution in [1.82, 2.24) is 5.32 Å². The first-order valence-corrected chi connectivity index (χ1v) is 6.79. The van der Waals surface area contributed by atoms with Gasteiger partial charge >= 0.3 is 0 Å². The second-order valence-electron chi connectivity index (χ2n) is 5.99. The average molecular weight is 288 g/mol. The number of nitrogens with one attached hydrogen (secondary N) is 1. The Labute approximate surface area is 125 Å². The first-order chi connectivity index (χ1) is 9.11. The number of fused-ring (bicyclic) bond motifs is 6. The molecule has 2 bridgehead atoms. The van der Waals surface area contributed by atoms with Crippen molar-refractivity contribution in [2.75, 3.05) is 0 Å². The summed E-state index contributed by atoms with van der Waals surface area (Å²) in [5, 5.41) is 14.5. The number of hydrogen-bond donors (Lipinski definition) is 2. The van der Waals surface area contributed by atoms with Crippen LogP contribution >= 0.6 is 12.4 Å². The third-order valence-corrected chi connectivity index (χ3v) is 4.56. The minimum absolute atomic E-state index is 0. The van der Waals surface area contributed by atoms with Gasteiger partial charge in [0.2, 0.25) is 0 Å². The molecule has 2 aromatic rings. The largest absolute Gasteiger partial charge is 0.371 e. The highest BCUT2D eigenvalue weighted by Gasteiger charge is 2.50. The van der Waals surface area contributed by atoms with Crippen molar-refractivity contribution < 1.29 is 5.11 Å². The highest BCUT2D eigenvalue weighted by atomic mass is 35.5. The lowest BCUT2D eigenvalue weighted by atomic mass is 9.81. The molecule has 3 heteroatoms. The minimum atomic E-state index is -0.933. The van der Waals surface area contributed by atoms with Crippen LogP contribution < -0.4 is 5.32 Å². The molecule has 0 spiro atoms. The quantitative estimate of drug-likeness (QED) is 0.781. The van der Waals surface area contributed by atoms with Gasteiger partial charge in [0.15, 0.2) is 0 Å². The van der Waals surface area contributed by atoms with Crippen LogP contribution in [0.4, 0.5) is 0 Å². The van der Waals surface area contributed by atoms with Crippen molar-refractivity contribution in [2.24, 2.45) is 0 Å². The second kappa shape index (κ2) is 4.32. The summed E-state index contributed by atoms with van der Waals surface area (Å²) in [7, 11) is 0. The van der Waals surface area contributed by atoms with Gasteiger partial charge in [-0.25, -0.2) is 0 Å². The smallest absolute Gasteiger partial charge is 0.147 e. The SMILES string of the molecule is CC12Cc3ccccc3CC(O)(N1)c1ccccc12.Cl. The maximum absolute atomic E-state index is 11.1. The Kier molecular flexibility index (Phi) is 2.94. The van der Waals surface area contributed by atoms with Gasteiger partial charge in [-0.15, -0.1) is 12.4 Å². The van der Waals surface area contributed by atoms with Crippen LogP contribution in [-0.4, -0.2) is 5.11 Å². The number of hydrogen-bond acceptors (Lipinski definition) is 2. The molecule has 2 aliphatic heterocycles. The van der Waals surface area contributed by atoms with Crippen LogP contribution in [0.1, 0.15) is 29.2 Å². The van der Waals surface area contributed by atoms with E-state index in [1.54, 1.807) is 0 Å². The summed E-state index contributed by atoms with van der Waals surface area (Å²) in [6.07, 6.45) is 1.55. The maximum atomic E-state index is 11.1. The Balaban J connectivity index is 0.00000121. The molecule has 2 N–H and O–H groups in total. The van der Waals surface area contributed by atoms with E-state index in [-0.39, 0.29) is 17.9 Å². The van der Waals surface area contributed by atoms with Crippen molar-refractivity contribution in [3.8, 4) is 0 Å². The first kappa shape index (κ1) is 13.6. The van der Waals surface area contributed by atoms with E-state index in [9.17, 15) is 5.11 Å². The van der Waals surface area contributed by atoms with E-state index in [0.717, 1.165) is 12.0 Å². The number of aliphatic hydroxyl groups is 1. The highest BCUT2D eigenvalue weighted by molar-refractivity contribution is 5.85. The van der Waals surface area contributed by atoms with Gasteiger partial charge in [-0.1, -0.05) is 48.5 Å². The summed E-state index contributed by atoms with van der Waals surface area (Å²) < 4.78 is 0. The zero-order valence-corrected chi connectivity index (χ0v) is 12.2. The molecule has 2 atom stereocenters. The molecule has 0 aliphatic carbocycles. The Morgan fingerprint density at radius 1 is 0.900 bits per heavy atom. The van der Waals surface area contributed by atoms with E-state index in [1.807, 2.05) is 12.1 Å². The van der Waals surface area contributed by atoms with Gasteiger partial charge in [0.25, 0.3) is 0 Å². The molecule has 0 aromatic heterocycles. The molecule has 0 saturated carbocycles. The lowest BCUT2D eigenvalue weighted by molar-refractivity contribution is -0.00613. The average Bonchev–Trinajstić information content (AvgIpc) is 2.53. The van der Waals surface area contributed by atoms with Crippen molar-refractivity contribution in [3.63, 3.8) is 0 Å². The maximum Gasteiger partial charge on any atom is 0.147 e. The van der Waals surface area contributed by atoms with Crippen LogP contribution in [0.25, 0.3) is 0 Å².